The van der Waals surface area contributed by atoms with E-state index in [1.54, 1.807) is 17.9 Å². The first-order chi connectivity index (χ1) is 11.2. The molecule has 23 heavy (non-hydrogen) atoms. The summed E-state index contributed by atoms with van der Waals surface area (Å²) in [6.07, 6.45) is 3.97. The minimum atomic E-state index is -0.0780. The Morgan fingerprint density at radius 2 is 2.13 bits per heavy atom. The highest BCUT2D eigenvalue weighted by Crippen LogP contribution is 2.17. The summed E-state index contributed by atoms with van der Waals surface area (Å²) in [5, 5.41) is 10.4. The van der Waals surface area contributed by atoms with Crippen LogP contribution >= 0.6 is 0 Å². The topological polar surface area (TPSA) is 77.6 Å². The molecule has 0 saturated heterocycles. The summed E-state index contributed by atoms with van der Waals surface area (Å²) in [6.45, 7) is 2.73. The molecule has 0 aliphatic heterocycles. The number of para-hydroxylation sites is 2. The molecule has 0 atom stereocenters. The van der Waals surface area contributed by atoms with E-state index in [1.165, 1.54) is 0 Å². The second-order valence-electron chi connectivity index (χ2n) is 5.49. The Labute approximate surface area is 134 Å². The number of aromatic nitrogens is 5. The highest BCUT2D eigenvalue weighted by atomic mass is 16.1. The zero-order chi connectivity index (χ0) is 16.2. The number of hydrogen-bond acceptors (Lipinski definition) is 4. The van der Waals surface area contributed by atoms with E-state index in [2.05, 4.69) is 32.1 Å². The van der Waals surface area contributed by atoms with Gasteiger partial charge in [-0.1, -0.05) is 24.3 Å². The smallest absolute Gasteiger partial charge is 0.227 e. The number of benzene rings is 1. The van der Waals surface area contributed by atoms with Gasteiger partial charge in [0.2, 0.25) is 5.91 Å². The average molecular weight is 312 g/mol. The molecule has 120 valence electrons. The zero-order valence-electron chi connectivity index (χ0n) is 13.4. The van der Waals surface area contributed by atoms with Crippen LogP contribution in [-0.4, -0.2) is 30.5 Å². The van der Waals surface area contributed by atoms with Crippen molar-refractivity contribution in [2.24, 2.45) is 7.05 Å². The lowest BCUT2D eigenvalue weighted by molar-refractivity contribution is -0.116. The van der Waals surface area contributed by atoms with Gasteiger partial charge in [-0.15, -0.1) is 5.10 Å². The lowest BCUT2D eigenvalue weighted by Gasteiger charge is -2.08. The predicted octanol–water partition coefficient (Wildman–Crippen LogP) is 2.15. The molecule has 3 aromatic rings. The van der Waals surface area contributed by atoms with Crippen molar-refractivity contribution >= 4 is 22.8 Å². The first-order valence-electron chi connectivity index (χ1n) is 7.77. The van der Waals surface area contributed by atoms with Crippen LogP contribution in [0.5, 0.6) is 0 Å². The first kappa shape index (κ1) is 15.2. The maximum atomic E-state index is 12.1. The number of nitrogens with zero attached hydrogens (tertiary/aromatic N) is 5. The van der Waals surface area contributed by atoms with Crippen molar-refractivity contribution in [1.29, 1.82) is 0 Å². The van der Waals surface area contributed by atoms with E-state index < -0.39 is 0 Å². The first-order valence-corrected chi connectivity index (χ1v) is 7.77. The van der Waals surface area contributed by atoms with Crippen molar-refractivity contribution in [2.75, 3.05) is 5.32 Å². The number of fused-ring (bicyclic) bond motifs is 1. The van der Waals surface area contributed by atoms with Gasteiger partial charge in [0.05, 0.1) is 17.2 Å². The van der Waals surface area contributed by atoms with Crippen LogP contribution in [0.4, 0.5) is 5.82 Å². The van der Waals surface area contributed by atoms with Crippen LogP contribution in [0.2, 0.25) is 0 Å². The van der Waals surface area contributed by atoms with E-state index in [4.69, 9.17) is 0 Å². The highest BCUT2D eigenvalue weighted by Gasteiger charge is 2.12. The standard InChI is InChI=1S/C16H20N6O/c1-3-6-15-17-12-7-4-5-8-13(12)22(15)10-9-16(23)18-14-11-21(2)20-19-14/h4-5,7-8,11H,3,6,9-10H2,1-2H3,(H,18,23). The van der Waals surface area contributed by atoms with Gasteiger partial charge in [-0.2, -0.15) is 0 Å². The molecule has 0 radical (unpaired) electrons. The quantitative estimate of drug-likeness (QED) is 0.756. The molecule has 1 amide bonds. The monoisotopic (exact) mass is 312 g/mol. The molecule has 0 saturated carbocycles. The van der Waals surface area contributed by atoms with Crippen LogP contribution in [0.1, 0.15) is 25.6 Å². The summed E-state index contributed by atoms with van der Waals surface area (Å²) in [4.78, 5) is 16.8. The number of rotatable bonds is 6. The van der Waals surface area contributed by atoms with E-state index in [-0.39, 0.29) is 5.91 Å². The third-order valence-corrected chi connectivity index (χ3v) is 3.64. The van der Waals surface area contributed by atoms with Crippen molar-refractivity contribution in [1.82, 2.24) is 24.5 Å². The number of hydrogen-bond donors (Lipinski definition) is 1. The van der Waals surface area contributed by atoms with Gasteiger partial charge in [-0.3, -0.25) is 9.48 Å². The van der Waals surface area contributed by atoms with Gasteiger partial charge in [0.15, 0.2) is 5.82 Å². The summed E-state index contributed by atoms with van der Waals surface area (Å²) in [6, 6.07) is 8.03. The molecule has 1 N–H and O–H groups in total. The van der Waals surface area contributed by atoms with Crippen molar-refractivity contribution in [3.63, 3.8) is 0 Å². The number of carbonyl (C=O) groups excluding carboxylic acids is 1. The van der Waals surface area contributed by atoms with E-state index in [1.807, 2.05) is 24.3 Å². The molecule has 0 spiro atoms. The minimum absolute atomic E-state index is 0.0780. The molecule has 0 fully saturated rings. The highest BCUT2D eigenvalue weighted by molar-refractivity contribution is 5.89. The van der Waals surface area contributed by atoms with Gasteiger partial charge in [-0.05, 0) is 18.6 Å². The van der Waals surface area contributed by atoms with Crippen LogP contribution in [0.3, 0.4) is 0 Å². The van der Waals surface area contributed by atoms with Gasteiger partial charge in [-0.25, -0.2) is 4.98 Å². The van der Waals surface area contributed by atoms with E-state index in [0.29, 0.717) is 18.8 Å². The largest absolute Gasteiger partial charge is 0.327 e. The SMILES string of the molecule is CCCc1nc2ccccc2n1CCC(=O)Nc1cn(C)nn1. The molecule has 1 aromatic carbocycles. The molecule has 0 aliphatic carbocycles. The summed E-state index contributed by atoms with van der Waals surface area (Å²) in [7, 11) is 1.76. The molecule has 0 unspecified atom stereocenters. The summed E-state index contributed by atoms with van der Waals surface area (Å²) in [5.41, 5.74) is 2.05. The Morgan fingerprint density at radius 3 is 2.87 bits per heavy atom. The van der Waals surface area contributed by atoms with E-state index >= 15 is 0 Å². The fraction of sp³-hybridized carbons (Fsp3) is 0.375. The summed E-state index contributed by atoms with van der Waals surface area (Å²) >= 11 is 0. The van der Waals surface area contributed by atoms with Crippen molar-refractivity contribution in [3.8, 4) is 0 Å². The van der Waals surface area contributed by atoms with Crippen LogP contribution in [0.25, 0.3) is 11.0 Å². The Morgan fingerprint density at radius 1 is 1.30 bits per heavy atom. The van der Waals surface area contributed by atoms with Gasteiger partial charge < -0.3 is 9.88 Å². The number of aryl methyl sites for hydroxylation is 3. The zero-order valence-corrected chi connectivity index (χ0v) is 13.4. The molecular weight excluding hydrogens is 292 g/mol. The Bertz CT molecular complexity index is 819. The number of imidazole rings is 1. The predicted molar refractivity (Wildman–Crippen MR) is 88.0 cm³/mol. The van der Waals surface area contributed by atoms with Crippen molar-refractivity contribution in [3.05, 3.63) is 36.3 Å². The Balaban J connectivity index is 1.73. The molecule has 3 rings (SSSR count). The second kappa shape index (κ2) is 6.60. The minimum Gasteiger partial charge on any atom is -0.327 e. The fourth-order valence-corrected chi connectivity index (χ4v) is 2.61. The lowest BCUT2D eigenvalue weighted by Crippen LogP contribution is -2.15. The Kier molecular flexibility index (Phi) is 4.36. The van der Waals surface area contributed by atoms with Crippen LogP contribution in [-0.2, 0) is 24.8 Å². The third-order valence-electron chi connectivity index (χ3n) is 3.64. The summed E-state index contributed by atoms with van der Waals surface area (Å²) in [5.74, 6) is 1.42. The third kappa shape index (κ3) is 3.39. The molecule has 0 aliphatic rings. The van der Waals surface area contributed by atoms with E-state index in [9.17, 15) is 4.79 Å². The fourth-order valence-electron chi connectivity index (χ4n) is 2.61. The number of nitrogens with one attached hydrogen (secondary N) is 1. The maximum absolute atomic E-state index is 12.1. The van der Waals surface area contributed by atoms with Gasteiger partial charge in [0.1, 0.15) is 5.82 Å². The normalized spacial score (nSPS) is 11.0. The molecule has 2 aromatic heterocycles. The van der Waals surface area contributed by atoms with Crippen molar-refractivity contribution < 1.29 is 4.79 Å². The molecule has 7 nitrogen and oxygen atoms in total. The molecule has 7 heteroatoms. The molecule has 0 bridgehead atoms. The Hall–Kier alpha value is -2.70. The van der Waals surface area contributed by atoms with Gasteiger partial charge in [0, 0.05) is 26.4 Å². The van der Waals surface area contributed by atoms with Gasteiger partial charge in [0.25, 0.3) is 0 Å². The number of amides is 1. The van der Waals surface area contributed by atoms with Crippen LogP contribution < -0.4 is 5.32 Å². The molecule has 2 heterocycles. The summed E-state index contributed by atoms with van der Waals surface area (Å²) < 4.78 is 3.69. The van der Waals surface area contributed by atoms with Crippen LogP contribution in [0.15, 0.2) is 30.5 Å². The van der Waals surface area contributed by atoms with Crippen molar-refractivity contribution in [2.45, 2.75) is 32.7 Å². The second-order valence-corrected chi connectivity index (χ2v) is 5.49. The van der Waals surface area contributed by atoms with Gasteiger partial charge >= 0.3 is 0 Å². The number of carbonyl (C=O) groups is 1. The molecular formula is C16H20N6O. The average Bonchev–Trinajstić information content (AvgIpc) is 3.09. The van der Waals surface area contributed by atoms with E-state index in [0.717, 1.165) is 29.7 Å². The maximum Gasteiger partial charge on any atom is 0.227 e. The van der Waals surface area contributed by atoms with Crippen LogP contribution in [0, 0.1) is 0 Å². The lowest BCUT2D eigenvalue weighted by atomic mass is 10.3. The number of anilines is 1.